The van der Waals surface area contributed by atoms with Crippen LogP contribution in [0.3, 0.4) is 0 Å². The molecule has 9 nitrogen and oxygen atoms in total. The van der Waals surface area contributed by atoms with E-state index in [9.17, 15) is 9.59 Å². The summed E-state index contributed by atoms with van der Waals surface area (Å²) in [5, 5.41) is 27.5. The molecular formula is C18H23N5O4. The summed E-state index contributed by atoms with van der Waals surface area (Å²) in [6.45, 7) is 6.92. The number of nitrogens with zero attached hydrogens (tertiary/aromatic N) is 4. The topological polar surface area (TPSA) is 127 Å². The van der Waals surface area contributed by atoms with Gasteiger partial charge in [-0.25, -0.2) is 4.79 Å². The first-order valence-corrected chi connectivity index (χ1v) is 8.47. The summed E-state index contributed by atoms with van der Waals surface area (Å²) >= 11 is 0. The molecule has 27 heavy (non-hydrogen) atoms. The summed E-state index contributed by atoms with van der Waals surface area (Å²) in [7, 11) is 0. The van der Waals surface area contributed by atoms with Crippen molar-refractivity contribution >= 4 is 12.1 Å². The molecule has 1 heterocycles. The van der Waals surface area contributed by atoms with E-state index in [2.05, 4.69) is 25.7 Å². The number of aliphatic carboxylic acids is 1. The Morgan fingerprint density at radius 3 is 2.44 bits per heavy atom. The zero-order chi connectivity index (χ0) is 20.0. The van der Waals surface area contributed by atoms with Crippen LogP contribution in [0.1, 0.15) is 38.6 Å². The number of nitrogens with one attached hydrogen (secondary N) is 1. The van der Waals surface area contributed by atoms with E-state index in [1.807, 2.05) is 18.2 Å². The van der Waals surface area contributed by atoms with Crippen molar-refractivity contribution in [2.24, 2.45) is 0 Å². The van der Waals surface area contributed by atoms with Gasteiger partial charge in [-0.3, -0.25) is 4.79 Å². The molecule has 1 aromatic carbocycles. The summed E-state index contributed by atoms with van der Waals surface area (Å²) in [5.41, 5.74) is 0.860. The minimum Gasteiger partial charge on any atom is -0.481 e. The van der Waals surface area contributed by atoms with Crippen LogP contribution in [0.4, 0.5) is 4.79 Å². The number of carbonyl (C=O) groups is 2. The molecule has 0 spiro atoms. The van der Waals surface area contributed by atoms with Gasteiger partial charge in [-0.15, -0.1) is 20.4 Å². The Morgan fingerprint density at radius 1 is 1.19 bits per heavy atom. The van der Waals surface area contributed by atoms with E-state index < -0.39 is 23.7 Å². The fraction of sp³-hybridized carbons (Fsp3) is 0.444. The summed E-state index contributed by atoms with van der Waals surface area (Å²) in [4.78, 5) is 23.2. The van der Waals surface area contributed by atoms with E-state index in [1.165, 1.54) is 0 Å². The second kappa shape index (κ2) is 8.52. The molecule has 0 bridgehead atoms. The lowest BCUT2D eigenvalue weighted by Crippen LogP contribution is -2.41. The normalized spacial score (nSPS) is 12.3. The van der Waals surface area contributed by atoms with Crippen LogP contribution in [0.2, 0.25) is 0 Å². The number of carboxylic acids is 1. The standard InChI is InChI=1S/C18H23N5O4/c1-11-20-22-16(23-21-11)13-7-5-6-12(8-13)9-14(10-15(24)25)19-17(26)27-18(2,3)4/h5-8,14H,9-10H2,1-4H3,(H,19,26)(H,24,25)/t14-/m0/s1. The van der Waals surface area contributed by atoms with Crippen LogP contribution >= 0.6 is 0 Å². The number of carboxylic acid groups (broad SMARTS) is 1. The molecule has 144 valence electrons. The van der Waals surface area contributed by atoms with Gasteiger partial charge in [0.05, 0.1) is 6.42 Å². The molecule has 0 aliphatic carbocycles. The summed E-state index contributed by atoms with van der Waals surface area (Å²) in [5.74, 6) is -0.169. The highest BCUT2D eigenvalue weighted by atomic mass is 16.6. The predicted molar refractivity (Wildman–Crippen MR) is 96.9 cm³/mol. The Hall–Kier alpha value is -3.10. The number of alkyl carbamates (subject to hydrolysis) is 1. The van der Waals surface area contributed by atoms with Crippen LogP contribution < -0.4 is 5.32 Å². The first kappa shape index (κ1) is 20.2. The minimum atomic E-state index is -1.01. The third-order valence-electron chi connectivity index (χ3n) is 3.39. The lowest BCUT2D eigenvalue weighted by Gasteiger charge is -2.23. The van der Waals surface area contributed by atoms with Crippen molar-refractivity contribution in [3.8, 4) is 11.4 Å². The number of aromatic nitrogens is 4. The Labute approximate surface area is 157 Å². The summed E-state index contributed by atoms with van der Waals surface area (Å²) in [6.07, 6.45) is -0.570. The highest BCUT2D eigenvalue weighted by Crippen LogP contribution is 2.17. The largest absolute Gasteiger partial charge is 0.481 e. The van der Waals surface area contributed by atoms with Crippen LogP contribution in [-0.2, 0) is 16.0 Å². The molecule has 2 rings (SSSR count). The molecular weight excluding hydrogens is 350 g/mol. The first-order valence-electron chi connectivity index (χ1n) is 8.47. The quantitative estimate of drug-likeness (QED) is 0.788. The van der Waals surface area contributed by atoms with E-state index in [0.717, 1.165) is 5.56 Å². The molecule has 0 saturated carbocycles. The zero-order valence-electron chi connectivity index (χ0n) is 15.8. The van der Waals surface area contributed by atoms with Crippen molar-refractivity contribution in [1.82, 2.24) is 25.7 Å². The van der Waals surface area contributed by atoms with E-state index in [4.69, 9.17) is 9.84 Å². The monoisotopic (exact) mass is 373 g/mol. The SMILES string of the molecule is Cc1nnc(-c2cccc(C[C@@H](CC(=O)O)NC(=O)OC(C)(C)C)c2)nn1. The number of aryl methyl sites for hydroxylation is 1. The van der Waals surface area contributed by atoms with E-state index in [0.29, 0.717) is 23.6 Å². The Morgan fingerprint density at radius 2 is 1.85 bits per heavy atom. The molecule has 0 fully saturated rings. The van der Waals surface area contributed by atoms with Crippen LogP contribution in [0.25, 0.3) is 11.4 Å². The minimum absolute atomic E-state index is 0.229. The highest BCUT2D eigenvalue weighted by molar-refractivity contribution is 5.71. The number of hydrogen-bond acceptors (Lipinski definition) is 7. The molecule has 2 aromatic rings. The number of rotatable bonds is 6. The van der Waals surface area contributed by atoms with Gasteiger partial charge in [0.2, 0.25) is 5.82 Å². The number of amides is 1. The third-order valence-corrected chi connectivity index (χ3v) is 3.39. The van der Waals surface area contributed by atoms with Crippen LogP contribution in [0.15, 0.2) is 24.3 Å². The van der Waals surface area contributed by atoms with Gasteiger partial charge in [-0.2, -0.15) is 0 Å². The predicted octanol–water partition coefficient (Wildman–Crippen LogP) is 2.15. The maximum Gasteiger partial charge on any atom is 0.407 e. The average molecular weight is 373 g/mol. The molecule has 0 radical (unpaired) electrons. The number of ether oxygens (including phenoxy) is 1. The molecule has 2 N–H and O–H groups in total. The maximum absolute atomic E-state index is 12.0. The van der Waals surface area contributed by atoms with Crippen molar-refractivity contribution < 1.29 is 19.4 Å². The molecule has 1 amide bonds. The van der Waals surface area contributed by atoms with E-state index in [1.54, 1.807) is 33.8 Å². The van der Waals surface area contributed by atoms with Crippen molar-refractivity contribution in [2.75, 3.05) is 0 Å². The lowest BCUT2D eigenvalue weighted by atomic mass is 10.0. The second-order valence-electron chi connectivity index (χ2n) is 7.12. The average Bonchev–Trinajstić information content (AvgIpc) is 2.53. The number of benzene rings is 1. The van der Waals surface area contributed by atoms with Gasteiger partial charge in [0, 0.05) is 11.6 Å². The van der Waals surface area contributed by atoms with Crippen molar-refractivity contribution in [1.29, 1.82) is 0 Å². The van der Waals surface area contributed by atoms with Gasteiger partial charge >= 0.3 is 12.1 Å². The first-order chi connectivity index (χ1) is 12.6. The molecule has 1 aromatic heterocycles. The van der Waals surface area contributed by atoms with Crippen molar-refractivity contribution in [3.63, 3.8) is 0 Å². The molecule has 1 atom stereocenters. The van der Waals surface area contributed by atoms with Crippen LogP contribution in [0, 0.1) is 6.92 Å². The molecule has 0 aliphatic rings. The fourth-order valence-electron chi connectivity index (χ4n) is 2.38. The smallest absolute Gasteiger partial charge is 0.407 e. The second-order valence-corrected chi connectivity index (χ2v) is 7.12. The van der Waals surface area contributed by atoms with Crippen LogP contribution in [-0.4, -0.2) is 49.2 Å². The zero-order valence-corrected chi connectivity index (χ0v) is 15.8. The van der Waals surface area contributed by atoms with Gasteiger partial charge in [-0.05, 0) is 45.7 Å². The Bertz CT molecular complexity index is 802. The van der Waals surface area contributed by atoms with Gasteiger partial charge in [0.15, 0.2) is 5.82 Å². The molecule has 9 heteroatoms. The number of hydrogen-bond donors (Lipinski definition) is 2. The number of carbonyl (C=O) groups excluding carboxylic acids is 1. The van der Waals surface area contributed by atoms with Gasteiger partial charge in [0.1, 0.15) is 5.60 Å². The Balaban J connectivity index is 2.14. The highest BCUT2D eigenvalue weighted by Gasteiger charge is 2.21. The third kappa shape index (κ3) is 6.96. The maximum atomic E-state index is 12.0. The van der Waals surface area contributed by atoms with Crippen molar-refractivity contribution in [3.05, 3.63) is 35.7 Å². The van der Waals surface area contributed by atoms with E-state index in [-0.39, 0.29) is 6.42 Å². The van der Waals surface area contributed by atoms with E-state index >= 15 is 0 Å². The summed E-state index contributed by atoms with van der Waals surface area (Å²) < 4.78 is 5.21. The van der Waals surface area contributed by atoms with Crippen molar-refractivity contribution in [2.45, 2.75) is 52.2 Å². The fourth-order valence-corrected chi connectivity index (χ4v) is 2.38. The van der Waals surface area contributed by atoms with Gasteiger partial charge in [-0.1, -0.05) is 18.2 Å². The van der Waals surface area contributed by atoms with Gasteiger partial charge in [0.25, 0.3) is 0 Å². The summed E-state index contributed by atoms with van der Waals surface area (Å²) in [6, 6.07) is 6.65. The van der Waals surface area contributed by atoms with Crippen LogP contribution in [0.5, 0.6) is 0 Å². The molecule has 0 saturated heterocycles. The van der Waals surface area contributed by atoms with Gasteiger partial charge < -0.3 is 15.2 Å². The Kier molecular flexibility index (Phi) is 6.38. The molecule has 0 unspecified atom stereocenters. The lowest BCUT2D eigenvalue weighted by molar-refractivity contribution is -0.137. The molecule has 0 aliphatic heterocycles.